The molecule has 0 N–H and O–H groups in total. The third-order valence-corrected chi connectivity index (χ3v) is 3.84. The van der Waals surface area contributed by atoms with E-state index in [2.05, 4.69) is 36.1 Å². The van der Waals surface area contributed by atoms with E-state index in [0.717, 1.165) is 37.2 Å². The van der Waals surface area contributed by atoms with Crippen molar-refractivity contribution in [1.82, 2.24) is 4.90 Å². The first-order chi connectivity index (χ1) is 8.24. The number of hydrogen-bond donors (Lipinski definition) is 0. The number of piperidine rings is 3. The van der Waals surface area contributed by atoms with E-state index in [1.165, 1.54) is 5.56 Å². The molecule has 88 valence electrons. The number of carbonyl (C=O) groups excluding carboxylic acids is 1. The van der Waals surface area contributed by atoms with Crippen LogP contribution in [-0.2, 0) is 4.79 Å². The van der Waals surface area contributed by atoms with Crippen LogP contribution in [0.2, 0.25) is 0 Å². The lowest BCUT2D eigenvalue weighted by Gasteiger charge is -2.41. The predicted molar refractivity (Wildman–Crippen MR) is 68.5 cm³/mol. The Morgan fingerprint density at radius 2 is 1.82 bits per heavy atom. The van der Waals surface area contributed by atoms with E-state index in [1.54, 1.807) is 0 Å². The lowest BCUT2D eigenvalue weighted by Crippen LogP contribution is -2.45. The van der Waals surface area contributed by atoms with E-state index >= 15 is 0 Å². The zero-order chi connectivity index (χ0) is 11.8. The van der Waals surface area contributed by atoms with Gasteiger partial charge in [-0.05, 0) is 31.4 Å². The van der Waals surface area contributed by atoms with E-state index in [4.69, 9.17) is 0 Å². The van der Waals surface area contributed by atoms with Gasteiger partial charge in [-0.15, -0.1) is 0 Å². The highest BCUT2D eigenvalue weighted by molar-refractivity contribution is 6.01. The molecule has 0 amide bonds. The molecule has 0 atom stereocenters. The summed E-state index contributed by atoms with van der Waals surface area (Å²) in [5, 5.41) is 0. The second-order valence-corrected chi connectivity index (χ2v) is 5.07. The topological polar surface area (TPSA) is 20.3 Å². The number of hydrogen-bond acceptors (Lipinski definition) is 2. The number of benzene rings is 1. The predicted octanol–water partition coefficient (Wildman–Crippen LogP) is 2.63. The average molecular weight is 227 g/mol. The zero-order valence-corrected chi connectivity index (χ0v) is 10.1. The van der Waals surface area contributed by atoms with Crippen LogP contribution in [0.15, 0.2) is 30.0 Å². The van der Waals surface area contributed by atoms with Gasteiger partial charge in [-0.1, -0.05) is 29.8 Å². The van der Waals surface area contributed by atoms with Crippen LogP contribution in [0.5, 0.6) is 0 Å². The van der Waals surface area contributed by atoms with Gasteiger partial charge in [0.1, 0.15) is 0 Å². The molecule has 1 aromatic carbocycles. The summed E-state index contributed by atoms with van der Waals surface area (Å²) in [5.74, 6) is 0.639. The molecule has 3 aliphatic rings. The fourth-order valence-corrected chi connectivity index (χ4v) is 2.73. The Kier molecular flexibility index (Phi) is 2.50. The number of ketones is 1. The molecule has 0 radical (unpaired) electrons. The summed E-state index contributed by atoms with van der Waals surface area (Å²) in [4.78, 5) is 14.4. The van der Waals surface area contributed by atoms with Gasteiger partial charge in [0.15, 0.2) is 5.78 Å². The number of Topliss-reactive ketones (excluding diaryl/α,β-unsaturated/α-hetero) is 1. The monoisotopic (exact) mass is 227 g/mol. The van der Waals surface area contributed by atoms with Crippen molar-refractivity contribution in [2.24, 2.45) is 5.92 Å². The molecular formula is C15H17NO. The number of carbonyl (C=O) groups is 1. The van der Waals surface area contributed by atoms with Gasteiger partial charge in [-0.25, -0.2) is 0 Å². The maximum atomic E-state index is 12.1. The Morgan fingerprint density at radius 1 is 1.18 bits per heavy atom. The standard InChI is InChI=1S/C15H17NO/c1-11-2-4-12(5-3-11)10-14-15(17)13-6-8-16(14)9-7-13/h2-5,10,13H,6-9H2,1H3. The number of fused-ring (bicyclic) bond motifs is 3. The molecule has 3 fully saturated rings. The molecule has 2 nitrogen and oxygen atoms in total. The van der Waals surface area contributed by atoms with Crippen molar-refractivity contribution >= 4 is 11.9 Å². The smallest absolute Gasteiger partial charge is 0.182 e. The first kappa shape index (κ1) is 10.6. The molecule has 3 aliphatic heterocycles. The summed E-state index contributed by atoms with van der Waals surface area (Å²) in [6, 6.07) is 8.35. The van der Waals surface area contributed by atoms with Crippen LogP contribution in [0.25, 0.3) is 6.08 Å². The number of rotatable bonds is 1. The second kappa shape index (κ2) is 4.02. The zero-order valence-electron chi connectivity index (χ0n) is 10.1. The van der Waals surface area contributed by atoms with Gasteiger partial charge < -0.3 is 4.90 Å². The van der Waals surface area contributed by atoms with Crippen molar-refractivity contribution in [1.29, 1.82) is 0 Å². The summed E-state index contributed by atoms with van der Waals surface area (Å²) in [7, 11) is 0. The Bertz CT molecular complexity index is 464. The van der Waals surface area contributed by atoms with Gasteiger partial charge in [0.25, 0.3) is 0 Å². The van der Waals surface area contributed by atoms with Crippen LogP contribution in [0.4, 0.5) is 0 Å². The summed E-state index contributed by atoms with van der Waals surface area (Å²) < 4.78 is 0. The summed E-state index contributed by atoms with van der Waals surface area (Å²) in [6.45, 7) is 4.18. The largest absolute Gasteiger partial charge is 0.369 e. The Hall–Kier alpha value is -1.57. The van der Waals surface area contributed by atoms with Crippen molar-refractivity contribution in [3.05, 3.63) is 41.1 Å². The first-order valence-corrected chi connectivity index (χ1v) is 6.31. The maximum absolute atomic E-state index is 12.1. The molecule has 3 heterocycles. The van der Waals surface area contributed by atoms with E-state index < -0.39 is 0 Å². The number of allylic oxidation sites excluding steroid dienone is 1. The van der Waals surface area contributed by atoms with Gasteiger partial charge in [0.2, 0.25) is 0 Å². The molecule has 0 saturated carbocycles. The molecule has 1 aromatic rings. The quantitative estimate of drug-likeness (QED) is 0.687. The Morgan fingerprint density at radius 3 is 2.41 bits per heavy atom. The van der Waals surface area contributed by atoms with Gasteiger partial charge in [0, 0.05) is 19.0 Å². The molecule has 0 spiro atoms. The molecule has 3 saturated heterocycles. The van der Waals surface area contributed by atoms with E-state index in [-0.39, 0.29) is 5.92 Å². The molecule has 0 aliphatic carbocycles. The van der Waals surface area contributed by atoms with Crippen LogP contribution >= 0.6 is 0 Å². The third kappa shape index (κ3) is 1.88. The van der Waals surface area contributed by atoms with Crippen molar-refractivity contribution < 1.29 is 4.79 Å². The summed E-state index contributed by atoms with van der Waals surface area (Å²) in [5.41, 5.74) is 3.31. The minimum Gasteiger partial charge on any atom is -0.369 e. The summed E-state index contributed by atoms with van der Waals surface area (Å²) in [6.07, 6.45) is 4.14. The van der Waals surface area contributed by atoms with Crippen LogP contribution in [0, 0.1) is 12.8 Å². The molecule has 4 rings (SSSR count). The minimum atomic E-state index is 0.289. The lowest BCUT2D eigenvalue weighted by atomic mass is 9.84. The van der Waals surface area contributed by atoms with Gasteiger partial charge in [-0.2, -0.15) is 0 Å². The second-order valence-electron chi connectivity index (χ2n) is 5.07. The van der Waals surface area contributed by atoms with Crippen LogP contribution in [0.3, 0.4) is 0 Å². The van der Waals surface area contributed by atoms with Crippen LogP contribution < -0.4 is 0 Å². The van der Waals surface area contributed by atoms with E-state index in [9.17, 15) is 4.79 Å². The van der Waals surface area contributed by atoms with Crippen LogP contribution in [-0.4, -0.2) is 23.8 Å². The maximum Gasteiger partial charge on any atom is 0.182 e. The van der Waals surface area contributed by atoms with Gasteiger partial charge >= 0.3 is 0 Å². The molecule has 0 unspecified atom stereocenters. The van der Waals surface area contributed by atoms with Crippen LogP contribution in [0.1, 0.15) is 24.0 Å². The molecule has 2 bridgehead atoms. The number of aryl methyl sites for hydroxylation is 1. The highest BCUT2D eigenvalue weighted by Gasteiger charge is 2.36. The Labute approximate surface area is 102 Å². The summed E-state index contributed by atoms with van der Waals surface area (Å²) >= 11 is 0. The molecule has 17 heavy (non-hydrogen) atoms. The van der Waals surface area contributed by atoms with E-state index in [0.29, 0.717) is 5.78 Å². The normalized spacial score (nSPS) is 22.5. The third-order valence-electron chi connectivity index (χ3n) is 3.84. The SMILES string of the molecule is Cc1ccc(C=C2C(=O)C3CCN2CC3)cc1. The van der Waals surface area contributed by atoms with Gasteiger partial charge in [0.05, 0.1) is 5.70 Å². The highest BCUT2D eigenvalue weighted by Crippen LogP contribution is 2.32. The minimum absolute atomic E-state index is 0.289. The fraction of sp³-hybridized carbons (Fsp3) is 0.400. The van der Waals surface area contributed by atoms with Crippen molar-refractivity contribution in [3.63, 3.8) is 0 Å². The fourth-order valence-electron chi connectivity index (χ4n) is 2.73. The Balaban J connectivity index is 1.93. The highest BCUT2D eigenvalue weighted by atomic mass is 16.1. The average Bonchev–Trinajstić information content (AvgIpc) is 2.37. The number of nitrogens with zero attached hydrogens (tertiary/aromatic N) is 1. The van der Waals surface area contributed by atoms with E-state index in [1.807, 2.05) is 6.08 Å². The molecule has 2 heteroatoms. The lowest BCUT2D eigenvalue weighted by molar-refractivity contribution is -0.125. The van der Waals surface area contributed by atoms with Crippen molar-refractivity contribution in [2.45, 2.75) is 19.8 Å². The molecular weight excluding hydrogens is 210 g/mol. The van der Waals surface area contributed by atoms with Gasteiger partial charge in [-0.3, -0.25) is 4.79 Å². The van der Waals surface area contributed by atoms with Crippen molar-refractivity contribution in [2.75, 3.05) is 13.1 Å². The van der Waals surface area contributed by atoms with Crippen molar-refractivity contribution in [3.8, 4) is 0 Å². The molecule has 0 aromatic heterocycles. The first-order valence-electron chi connectivity index (χ1n) is 6.31.